The summed E-state index contributed by atoms with van der Waals surface area (Å²) in [5.41, 5.74) is 0.430. The zero-order valence-corrected chi connectivity index (χ0v) is 12.1. The Balaban J connectivity index is 0.000000243. The fourth-order valence-electron chi connectivity index (χ4n) is 1.52. The van der Waals surface area contributed by atoms with Crippen molar-refractivity contribution in [1.82, 2.24) is 0 Å². The number of hydrogen-bond acceptors (Lipinski definition) is 2. The Morgan fingerprint density at radius 3 is 1.79 bits per heavy atom. The molecule has 0 aliphatic rings. The summed E-state index contributed by atoms with van der Waals surface area (Å²) in [5, 5.41) is 0. The van der Waals surface area contributed by atoms with Gasteiger partial charge in [0.15, 0.2) is 5.75 Å². The summed E-state index contributed by atoms with van der Waals surface area (Å²) >= 11 is 0. The Kier molecular flexibility index (Phi) is 7.03. The van der Waals surface area contributed by atoms with Gasteiger partial charge in [0.1, 0.15) is 12.1 Å². The van der Waals surface area contributed by atoms with Crippen molar-refractivity contribution in [3.8, 4) is 5.75 Å². The number of halogens is 6. The average Bonchev–Trinajstić information content (AvgIpc) is 2.59. The van der Waals surface area contributed by atoms with Crippen molar-refractivity contribution in [2.75, 3.05) is 7.11 Å². The van der Waals surface area contributed by atoms with Crippen LogP contribution in [0.3, 0.4) is 0 Å². The molecule has 0 radical (unpaired) electrons. The van der Waals surface area contributed by atoms with Gasteiger partial charge in [0.2, 0.25) is 29.1 Å². The first-order valence-electron chi connectivity index (χ1n) is 6.26. The van der Waals surface area contributed by atoms with Crippen molar-refractivity contribution in [2.24, 2.45) is 0 Å². The van der Waals surface area contributed by atoms with Crippen LogP contribution in [0.4, 0.5) is 26.3 Å². The molecule has 0 N–H and O–H groups in total. The lowest BCUT2D eigenvalue weighted by Gasteiger charge is -2.05. The molecule has 0 aliphatic heterocycles. The van der Waals surface area contributed by atoms with Crippen LogP contribution in [0.2, 0.25) is 0 Å². The molecule has 2 aromatic carbocycles. The molecule has 128 valence electrons. The average molecular weight is 348 g/mol. The Morgan fingerprint density at radius 2 is 1.33 bits per heavy atom. The van der Waals surface area contributed by atoms with Gasteiger partial charge in [0.05, 0.1) is 7.11 Å². The van der Waals surface area contributed by atoms with Gasteiger partial charge in [-0.05, 0) is 18.2 Å². The lowest BCUT2D eigenvalue weighted by Crippen LogP contribution is -2.04. The highest BCUT2D eigenvalue weighted by Crippen LogP contribution is 2.28. The van der Waals surface area contributed by atoms with Gasteiger partial charge < -0.3 is 4.74 Å². The Bertz CT molecular complexity index is 729. The predicted octanol–water partition coefficient (Wildman–Crippen LogP) is 4.43. The van der Waals surface area contributed by atoms with Gasteiger partial charge in [0, 0.05) is 5.56 Å². The van der Waals surface area contributed by atoms with E-state index in [9.17, 15) is 31.1 Å². The zero-order chi connectivity index (χ0) is 18.3. The van der Waals surface area contributed by atoms with Crippen LogP contribution in [-0.2, 0) is 4.79 Å². The van der Waals surface area contributed by atoms with E-state index in [-0.39, 0.29) is 5.82 Å². The number of allylic oxidation sites excluding steroid dienone is 1. The molecular formula is C16H10F6O2. The van der Waals surface area contributed by atoms with E-state index < -0.39 is 34.8 Å². The van der Waals surface area contributed by atoms with Crippen LogP contribution in [0.25, 0.3) is 6.08 Å². The third-order valence-electron chi connectivity index (χ3n) is 2.63. The summed E-state index contributed by atoms with van der Waals surface area (Å²) in [5.74, 6) is -11.8. The minimum Gasteiger partial charge on any atom is -0.491 e. The Hall–Kier alpha value is -2.77. The Morgan fingerprint density at radius 1 is 0.833 bits per heavy atom. The molecule has 8 heteroatoms. The van der Waals surface area contributed by atoms with E-state index in [1.165, 1.54) is 18.2 Å². The summed E-state index contributed by atoms with van der Waals surface area (Å²) < 4.78 is 78.9. The van der Waals surface area contributed by atoms with E-state index in [2.05, 4.69) is 4.74 Å². The van der Waals surface area contributed by atoms with Crippen LogP contribution in [0.15, 0.2) is 30.3 Å². The molecule has 0 amide bonds. The second-order valence-corrected chi connectivity index (χ2v) is 4.12. The number of rotatable bonds is 3. The minimum atomic E-state index is -2.20. The number of methoxy groups -OCH3 is 1. The van der Waals surface area contributed by atoms with Crippen molar-refractivity contribution in [3.63, 3.8) is 0 Å². The second-order valence-electron chi connectivity index (χ2n) is 4.12. The van der Waals surface area contributed by atoms with Gasteiger partial charge in [-0.2, -0.15) is 8.78 Å². The van der Waals surface area contributed by atoms with E-state index in [0.717, 1.165) is 7.11 Å². The van der Waals surface area contributed by atoms with E-state index in [1.807, 2.05) is 0 Å². The molecule has 0 saturated carbocycles. The topological polar surface area (TPSA) is 26.3 Å². The quantitative estimate of drug-likeness (QED) is 0.270. The number of ether oxygens (including phenoxy) is 1. The molecule has 0 fully saturated rings. The highest BCUT2D eigenvalue weighted by Gasteiger charge is 2.26. The van der Waals surface area contributed by atoms with Crippen LogP contribution < -0.4 is 4.74 Å². The predicted molar refractivity (Wildman–Crippen MR) is 74.3 cm³/mol. The number of carbonyl (C=O) groups excluding carboxylic acids is 1. The molecule has 0 aliphatic carbocycles. The van der Waals surface area contributed by atoms with Gasteiger partial charge in [-0.15, -0.1) is 0 Å². The maximum absolute atomic E-state index is 12.7. The molecule has 24 heavy (non-hydrogen) atoms. The molecule has 2 rings (SSSR count). The van der Waals surface area contributed by atoms with E-state index in [4.69, 9.17) is 0 Å². The molecule has 0 heterocycles. The van der Waals surface area contributed by atoms with Crippen molar-refractivity contribution in [2.45, 2.75) is 0 Å². The van der Waals surface area contributed by atoms with Crippen molar-refractivity contribution in [3.05, 3.63) is 70.8 Å². The van der Waals surface area contributed by atoms with Crippen LogP contribution in [-0.4, -0.2) is 13.4 Å². The first kappa shape index (κ1) is 19.3. The first-order chi connectivity index (χ1) is 11.3. The highest BCUT2D eigenvalue weighted by atomic mass is 19.2. The minimum absolute atomic E-state index is 0.314. The summed E-state index contributed by atoms with van der Waals surface area (Å²) in [6, 6.07) is 6.28. The lowest BCUT2D eigenvalue weighted by molar-refractivity contribution is -0.104. The summed E-state index contributed by atoms with van der Waals surface area (Å²) in [7, 11) is 0.804. The van der Waals surface area contributed by atoms with E-state index >= 15 is 0 Å². The highest BCUT2D eigenvalue weighted by molar-refractivity contribution is 5.73. The molecule has 0 bridgehead atoms. The number of carbonyl (C=O) groups is 1. The van der Waals surface area contributed by atoms with Gasteiger partial charge in [0.25, 0.3) is 0 Å². The summed E-state index contributed by atoms with van der Waals surface area (Å²) in [4.78, 5) is 9.88. The molecule has 0 unspecified atom stereocenters. The van der Waals surface area contributed by atoms with E-state index in [1.54, 1.807) is 18.2 Å². The SMILES string of the molecule is COc1c(F)c(F)c(F)c(F)c1F.O=C/C=C/c1ccccc1F. The van der Waals surface area contributed by atoms with Crippen molar-refractivity contribution in [1.29, 1.82) is 0 Å². The monoisotopic (exact) mass is 348 g/mol. The van der Waals surface area contributed by atoms with Crippen LogP contribution in [0.5, 0.6) is 5.75 Å². The number of aldehydes is 1. The molecule has 2 nitrogen and oxygen atoms in total. The fraction of sp³-hybridized carbons (Fsp3) is 0.0625. The standard InChI is InChI=1S/C9H7FO.C7H3F5O/c10-9-6-2-1-4-8(9)5-3-7-11;1-13-7-5(11)3(9)2(8)4(10)6(7)12/h1-7H;1H3/b5-3+;. The molecule has 0 spiro atoms. The van der Waals surface area contributed by atoms with Crippen LogP contribution in [0, 0.1) is 34.9 Å². The third kappa shape index (κ3) is 4.37. The van der Waals surface area contributed by atoms with Gasteiger partial charge in [-0.25, -0.2) is 17.6 Å². The largest absolute Gasteiger partial charge is 0.491 e. The summed E-state index contributed by atoms with van der Waals surface area (Å²) in [6.07, 6.45) is 3.31. The summed E-state index contributed by atoms with van der Waals surface area (Å²) in [6.45, 7) is 0. The third-order valence-corrected chi connectivity index (χ3v) is 2.63. The molecule has 0 atom stereocenters. The second kappa shape index (κ2) is 8.76. The maximum atomic E-state index is 12.7. The molecule has 0 saturated heterocycles. The fourth-order valence-corrected chi connectivity index (χ4v) is 1.52. The van der Waals surface area contributed by atoms with Crippen molar-refractivity contribution >= 4 is 12.4 Å². The Labute approximate surface area is 133 Å². The van der Waals surface area contributed by atoms with Crippen molar-refractivity contribution < 1.29 is 35.9 Å². The lowest BCUT2D eigenvalue weighted by atomic mass is 10.2. The number of benzene rings is 2. The van der Waals surface area contributed by atoms with Gasteiger partial charge in [-0.3, -0.25) is 4.79 Å². The van der Waals surface area contributed by atoms with Crippen LogP contribution >= 0.6 is 0 Å². The molecule has 0 aromatic heterocycles. The smallest absolute Gasteiger partial charge is 0.206 e. The van der Waals surface area contributed by atoms with Gasteiger partial charge >= 0.3 is 0 Å². The molecular weight excluding hydrogens is 338 g/mol. The van der Waals surface area contributed by atoms with Crippen LogP contribution in [0.1, 0.15) is 5.56 Å². The number of hydrogen-bond donors (Lipinski definition) is 0. The van der Waals surface area contributed by atoms with Gasteiger partial charge in [-0.1, -0.05) is 18.2 Å². The molecule has 2 aromatic rings. The van der Waals surface area contributed by atoms with E-state index in [0.29, 0.717) is 11.8 Å². The normalized spacial score (nSPS) is 10.3. The first-order valence-corrected chi connectivity index (χ1v) is 6.26. The zero-order valence-electron chi connectivity index (χ0n) is 12.1. The maximum Gasteiger partial charge on any atom is 0.206 e.